The lowest BCUT2D eigenvalue weighted by Crippen LogP contribution is -2.60. The summed E-state index contributed by atoms with van der Waals surface area (Å²) in [5.41, 5.74) is 0.898. The van der Waals surface area contributed by atoms with Crippen LogP contribution in [0.5, 0.6) is 0 Å². The zero-order chi connectivity index (χ0) is 18.6. The van der Waals surface area contributed by atoms with Crippen molar-refractivity contribution in [1.29, 1.82) is 0 Å². The molecule has 3 fully saturated rings. The molecule has 1 aromatic carbocycles. The number of benzene rings is 1. The second kappa shape index (κ2) is 8.40. The van der Waals surface area contributed by atoms with Crippen molar-refractivity contribution in [1.82, 2.24) is 10.2 Å². The first-order valence-corrected chi connectivity index (χ1v) is 10.2. The van der Waals surface area contributed by atoms with E-state index in [1.54, 1.807) is 4.90 Å². The first-order chi connectivity index (χ1) is 13.2. The number of rotatable bonds is 4. The summed E-state index contributed by atoms with van der Waals surface area (Å²) in [6, 6.07) is 9.45. The van der Waals surface area contributed by atoms with Gasteiger partial charge in [-0.25, -0.2) is 0 Å². The summed E-state index contributed by atoms with van der Waals surface area (Å²) in [7, 11) is 0. The van der Waals surface area contributed by atoms with Gasteiger partial charge in [0.25, 0.3) is 0 Å². The second-order valence-electron chi connectivity index (χ2n) is 7.80. The van der Waals surface area contributed by atoms with Gasteiger partial charge in [-0.1, -0.05) is 31.0 Å². The Kier molecular flexibility index (Phi) is 5.74. The Labute approximate surface area is 160 Å². The number of morpholine rings is 1. The summed E-state index contributed by atoms with van der Waals surface area (Å²) in [6.45, 7) is 2.61. The summed E-state index contributed by atoms with van der Waals surface area (Å²) in [4.78, 5) is 30.1. The van der Waals surface area contributed by atoms with Crippen LogP contribution < -0.4 is 10.2 Å². The molecule has 4 rings (SSSR count). The van der Waals surface area contributed by atoms with Crippen LogP contribution in [-0.2, 0) is 14.3 Å². The molecule has 6 nitrogen and oxygen atoms in total. The van der Waals surface area contributed by atoms with Gasteiger partial charge in [-0.2, -0.15) is 0 Å². The molecule has 2 saturated heterocycles. The summed E-state index contributed by atoms with van der Waals surface area (Å²) in [6.07, 6.45) is 6.39. The number of hydrogen-bond donors (Lipinski definition) is 1. The Morgan fingerprint density at radius 3 is 2.59 bits per heavy atom. The van der Waals surface area contributed by atoms with E-state index in [2.05, 4.69) is 10.2 Å². The van der Waals surface area contributed by atoms with Gasteiger partial charge in [-0.05, 0) is 37.8 Å². The molecule has 1 aliphatic carbocycles. The topological polar surface area (TPSA) is 61.9 Å². The normalized spacial score (nSPS) is 27.7. The number of amides is 2. The van der Waals surface area contributed by atoms with Crippen LogP contribution in [0, 0.1) is 0 Å². The van der Waals surface area contributed by atoms with Crippen LogP contribution in [0.4, 0.5) is 5.69 Å². The van der Waals surface area contributed by atoms with Gasteiger partial charge >= 0.3 is 0 Å². The summed E-state index contributed by atoms with van der Waals surface area (Å²) >= 11 is 0. The molecule has 0 bridgehead atoms. The fourth-order valence-electron chi connectivity index (χ4n) is 4.66. The SMILES string of the molecule is O=C(NC1CCCN(c2ccccc2)C1=O)C1COCCN1C1CCCC1. The Hall–Kier alpha value is -1.92. The van der Waals surface area contributed by atoms with Crippen molar-refractivity contribution in [2.24, 2.45) is 0 Å². The molecular weight excluding hydrogens is 342 g/mol. The third kappa shape index (κ3) is 4.01. The van der Waals surface area contributed by atoms with E-state index in [4.69, 9.17) is 4.74 Å². The highest BCUT2D eigenvalue weighted by Crippen LogP contribution is 2.27. The van der Waals surface area contributed by atoms with Crippen molar-refractivity contribution in [3.63, 3.8) is 0 Å². The van der Waals surface area contributed by atoms with Crippen LogP contribution in [0.1, 0.15) is 38.5 Å². The number of para-hydroxylation sites is 1. The van der Waals surface area contributed by atoms with E-state index in [1.807, 2.05) is 30.3 Å². The third-order valence-corrected chi connectivity index (χ3v) is 6.09. The van der Waals surface area contributed by atoms with Crippen molar-refractivity contribution in [3.05, 3.63) is 30.3 Å². The second-order valence-corrected chi connectivity index (χ2v) is 7.80. The van der Waals surface area contributed by atoms with Crippen molar-refractivity contribution in [2.75, 3.05) is 31.2 Å². The minimum Gasteiger partial charge on any atom is -0.378 e. The van der Waals surface area contributed by atoms with Gasteiger partial charge in [0.15, 0.2) is 0 Å². The minimum absolute atomic E-state index is 0.00931. The number of carbonyl (C=O) groups is 2. The maximum atomic E-state index is 13.0. The average Bonchev–Trinajstić information content (AvgIpc) is 3.25. The van der Waals surface area contributed by atoms with Crippen molar-refractivity contribution in [3.8, 4) is 0 Å². The average molecular weight is 371 g/mol. The van der Waals surface area contributed by atoms with Crippen LogP contribution in [0.2, 0.25) is 0 Å². The highest BCUT2D eigenvalue weighted by atomic mass is 16.5. The zero-order valence-electron chi connectivity index (χ0n) is 15.8. The van der Waals surface area contributed by atoms with Gasteiger partial charge in [0, 0.05) is 24.8 Å². The first-order valence-electron chi connectivity index (χ1n) is 10.2. The minimum atomic E-state index is -0.446. The number of hydrogen-bond acceptors (Lipinski definition) is 4. The van der Waals surface area contributed by atoms with Crippen LogP contribution >= 0.6 is 0 Å². The molecule has 2 amide bonds. The van der Waals surface area contributed by atoms with E-state index < -0.39 is 6.04 Å². The largest absolute Gasteiger partial charge is 0.378 e. The van der Waals surface area contributed by atoms with Crippen LogP contribution in [0.25, 0.3) is 0 Å². The highest BCUT2D eigenvalue weighted by molar-refractivity contribution is 6.00. The monoisotopic (exact) mass is 371 g/mol. The van der Waals surface area contributed by atoms with E-state index in [9.17, 15) is 9.59 Å². The van der Waals surface area contributed by atoms with Crippen molar-refractivity contribution in [2.45, 2.75) is 56.7 Å². The lowest BCUT2D eigenvalue weighted by Gasteiger charge is -2.40. The van der Waals surface area contributed by atoms with Gasteiger partial charge in [0.2, 0.25) is 11.8 Å². The smallest absolute Gasteiger partial charge is 0.249 e. The van der Waals surface area contributed by atoms with Crippen LogP contribution in [0.15, 0.2) is 30.3 Å². The molecule has 2 heterocycles. The van der Waals surface area contributed by atoms with Crippen LogP contribution in [-0.4, -0.2) is 61.1 Å². The van der Waals surface area contributed by atoms with Gasteiger partial charge in [-0.15, -0.1) is 0 Å². The molecule has 2 unspecified atom stereocenters. The number of carbonyl (C=O) groups excluding carboxylic acids is 2. The molecular formula is C21H29N3O3. The number of piperidine rings is 1. The lowest BCUT2D eigenvalue weighted by molar-refractivity contribution is -0.138. The zero-order valence-corrected chi connectivity index (χ0v) is 15.8. The standard InChI is InChI=1S/C21H29N3O3/c25-20(19-15-27-14-13-23(19)16-9-4-5-10-16)22-18-11-6-12-24(21(18)26)17-7-2-1-3-8-17/h1-3,7-8,16,18-19H,4-6,9-15H2,(H,22,25). The predicted molar refractivity (Wildman–Crippen MR) is 104 cm³/mol. The fourth-order valence-corrected chi connectivity index (χ4v) is 4.66. The number of nitrogens with one attached hydrogen (secondary N) is 1. The van der Waals surface area contributed by atoms with Crippen LogP contribution in [0.3, 0.4) is 0 Å². The Balaban J connectivity index is 1.42. The predicted octanol–water partition coefficient (Wildman–Crippen LogP) is 1.94. The van der Waals surface area contributed by atoms with Crippen molar-refractivity contribution < 1.29 is 14.3 Å². The number of ether oxygens (including phenoxy) is 1. The summed E-state index contributed by atoms with van der Waals surface area (Å²) < 4.78 is 5.60. The Morgan fingerprint density at radius 1 is 1.04 bits per heavy atom. The fraction of sp³-hybridized carbons (Fsp3) is 0.619. The molecule has 0 spiro atoms. The molecule has 2 aliphatic heterocycles. The molecule has 1 N–H and O–H groups in total. The molecule has 146 valence electrons. The summed E-state index contributed by atoms with van der Waals surface area (Å²) in [5.74, 6) is -0.0696. The molecule has 1 aromatic rings. The van der Waals surface area contributed by atoms with Gasteiger partial charge in [-0.3, -0.25) is 14.5 Å². The third-order valence-electron chi connectivity index (χ3n) is 6.09. The number of nitrogens with zero attached hydrogens (tertiary/aromatic N) is 2. The lowest BCUT2D eigenvalue weighted by atomic mass is 10.0. The first kappa shape index (κ1) is 18.4. The molecule has 6 heteroatoms. The van der Waals surface area contributed by atoms with Crippen molar-refractivity contribution >= 4 is 17.5 Å². The summed E-state index contributed by atoms with van der Waals surface area (Å²) in [5, 5.41) is 3.04. The maximum Gasteiger partial charge on any atom is 0.249 e. The van der Waals surface area contributed by atoms with E-state index in [-0.39, 0.29) is 17.9 Å². The number of anilines is 1. The van der Waals surface area contributed by atoms with E-state index in [0.717, 1.165) is 31.5 Å². The van der Waals surface area contributed by atoms with Gasteiger partial charge < -0.3 is 15.0 Å². The molecule has 27 heavy (non-hydrogen) atoms. The maximum absolute atomic E-state index is 13.0. The van der Waals surface area contributed by atoms with E-state index in [1.165, 1.54) is 12.8 Å². The van der Waals surface area contributed by atoms with Gasteiger partial charge in [0.1, 0.15) is 12.1 Å². The van der Waals surface area contributed by atoms with E-state index >= 15 is 0 Å². The Bertz CT molecular complexity index is 660. The highest BCUT2D eigenvalue weighted by Gasteiger charge is 2.38. The molecule has 2 atom stereocenters. The quantitative estimate of drug-likeness (QED) is 0.879. The molecule has 0 radical (unpaired) electrons. The van der Waals surface area contributed by atoms with E-state index in [0.29, 0.717) is 32.2 Å². The molecule has 1 saturated carbocycles. The molecule has 3 aliphatic rings. The van der Waals surface area contributed by atoms with Gasteiger partial charge in [0.05, 0.1) is 13.2 Å². The molecule has 0 aromatic heterocycles. The Morgan fingerprint density at radius 2 is 1.81 bits per heavy atom.